The fraction of sp³-hybridized carbons (Fsp3) is 0.200. The number of aromatic hydroxyl groups is 1. The van der Waals surface area contributed by atoms with Crippen molar-refractivity contribution in [3.63, 3.8) is 0 Å². The van der Waals surface area contributed by atoms with Crippen LogP contribution in [0.25, 0.3) is 0 Å². The average molecular weight is 291 g/mol. The highest BCUT2D eigenvalue weighted by Crippen LogP contribution is 2.19. The van der Waals surface area contributed by atoms with Crippen LogP contribution in [0.5, 0.6) is 5.75 Å². The Hall–Kier alpha value is -1.85. The van der Waals surface area contributed by atoms with Crippen molar-refractivity contribution in [1.29, 1.82) is 0 Å². The van der Waals surface area contributed by atoms with Crippen molar-refractivity contribution >= 4 is 10.0 Å². The van der Waals surface area contributed by atoms with Crippen LogP contribution in [-0.2, 0) is 10.0 Å². The van der Waals surface area contributed by atoms with Gasteiger partial charge in [0.1, 0.15) is 5.75 Å². The van der Waals surface area contributed by atoms with Crippen LogP contribution in [-0.4, -0.2) is 13.5 Å². The third kappa shape index (κ3) is 3.37. The van der Waals surface area contributed by atoms with Gasteiger partial charge in [-0.15, -0.1) is 0 Å². The van der Waals surface area contributed by atoms with E-state index in [1.54, 1.807) is 6.92 Å². The summed E-state index contributed by atoms with van der Waals surface area (Å²) in [5.74, 6) is 0.0375. The number of sulfonamides is 1. The first kappa shape index (κ1) is 14.6. The van der Waals surface area contributed by atoms with Gasteiger partial charge in [0.2, 0.25) is 10.0 Å². The van der Waals surface area contributed by atoms with Crippen LogP contribution >= 0.6 is 0 Å². The van der Waals surface area contributed by atoms with Crippen molar-refractivity contribution in [3.05, 3.63) is 59.7 Å². The predicted octanol–water partition coefficient (Wildman–Crippen LogP) is 2.74. The van der Waals surface area contributed by atoms with Gasteiger partial charge in [-0.2, -0.15) is 0 Å². The number of rotatable bonds is 4. The van der Waals surface area contributed by atoms with Gasteiger partial charge in [0.15, 0.2) is 0 Å². The van der Waals surface area contributed by atoms with Gasteiger partial charge in [-0.25, -0.2) is 13.1 Å². The van der Waals surface area contributed by atoms with Gasteiger partial charge in [0.05, 0.1) is 4.90 Å². The highest BCUT2D eigenvalue weighted by molar-refractivity contribution is 7.89. The standard InChI is InChI=1S/C15H17NO3S/c1-11-3-5-13(6-4-11)12(2)16-20(18,19)15-9-7-14(17)8-10-15/h3-10,12,16-17H,1-2H3. The Kier molecular flexibility index (Phi) is 4.11. The number of hydrogen-bond acceptors (Lipinski definition) is 3. The monoisotopic (exact) mass is 291 g/mol. The van der Waals surface area contributed by atoms with Crippen molar-refractivity contribution in [1.82, 2.24) is 4.72 Å². The van der Waals surface area contributed by atoms with Crippen LogP contribution in [0, 0.1) is 6.92 Å². The van der Waals surface area contributed by atoms with Gasteiger partial charge in [-0.05, 0) is 43.7 Å². The summed E-state index contributed by atoms with van der Waals surface area (Å²) >= 11 is 0. The molecule has 20 heavy (non-hydrogen) atoms. The summed E-state index contributed by atoms with van der Waals surface area (Å²) in [6.45, 7) is 3.78. The molecule has 1 unspecified atom stereocenters. The Morgan fingerprint density at radius 2 is 1.55 bits per heavy atom. The molecule has 0 aliphatic heterocycles. The largest absolute Gasteiger partial charge is 0.508 e. The smallest absolute Gasteiger partial charge is 0.241 e. The van der Waals surface area contributed by atoms with Crippen molar-refractivity contribution in [2.75, 3.05) is 0 Å². The summed E-state index contributed by atoms with van der Waals surface area (Å²) in [5.41, 5.74) is 2.03. The zero-order valence-corrected chi connectivity index (χ0v) is 12.2. The fourth-order valence-electron chi connectivity index (χ4n) is 1.85. The zero-order chi connectivity index (χ0) is 14.8. The van der Waals surface area contributed by atoms with Crippen molar-refractivity contribution in [2.24, 2.45) is 0 Å². The van der Waals surface area contributed by atoms with E-state index in [0.29, 0.717) is 0 Å². The summed E-state index contributed by atoms with van der Waals surface area (Å²) in [6, 6.07) is 12.8. The number of nitrogens with one attached hydrogen (secondary N) is 1. The summed E-state index contributed by atoms with van der Waals surface area (Å²) in [7, 11) is -3.60. The zero-order valence-electron chi connectivity index (χ0n) is 11.4. The molecule has 2 aromatic rings. The predicted molar refractivity (Wildman–Crippen MR) is 78.0 cm³/mol. The molecule has 1 atom stereocenters. The normalized spacial score (nSPS) is 13.1. The van der Waals surface area contributed by atoms with E-state index in [1.165, 1.54) is 24.3 Å². The Bertz CT molecular complexity index is 676. The quantitative estimate of drug-likeness (QED) is 0.910. The number of hydrogen-bond donors (Lipinski definition) is 2. The molecule has 0 aromatic heterocycles. The summed E-state index contributed by atoms with van der Waals surface area (Å²) in [4.78, 5) is 0.134. The Morgan fingerprint density at radius 1 is 1.00 bits per heavy atom. The molecule has 0 spiro atoms. The molecule has 0 bridgehead atoms. The molecule has 2 aromatic carbocycles. The second-order valence-corrected chi connectivity index (χ2v) is 6.46. The average Bonchev–Trinajstić information content (AvgIpc) is 2.39. The van der Waals surface area contributed by atoms with Crippen LogP contribution in [0.3, 0.4) is 0 Å². The fourth-order valence-corrected chi connectivity index (χ4v) is 3.08. The maximum atomic E-state index is 12.2. The molecule has 0 fully saturated rings. The van der Waals surface area contributed by atoms with E-state index in [-0.39, 0.29) is 16.7 Å². The molecule has 0 amide bonds. The molecule has 0 aliphatic carbocycles. The van der Waals surface area contributed by atoms with Crippen LogP contribution in [0.2, 0.25) is 0 Å². The van der Waals surface area contributed by atoms with Crippen molar-refractivity contribution in [3.8, 4) is 5.75 Å². The minimum atomic E-state index is -3.60. The van der Waals surface area contributed by atoms with Gasteiger partial charge in [0.25, 0.3) is 0 Å². The molecular formula is C15H17NO3S. The first-order valence-corrected chi connectivity index (χ1v) is 7.75. The third-order valence-electron chi connectivity index (χ3n) is 3.06. The first-order chi connectivity index (χ1) is 9.38. The lowest BCUT2D eigenvalue weighted by atomic mass is 10.1. The SMILES string of the molecule is Cc1ccc(C(C)NS(=O)(=O)c2ccc(O)cc2)cc1. The van der Waals surface area contributed by atoms with Gasteiger partial charge in [-0.3, -0.25) is 0 Å². The van der Waals surface area contributed by atoms with Crippen molar-refractivity contribution < 1.29 is 13.5 Å². The molecule has 0 heterocycles. The van der Waals surface area contributed by atoms with Gasteiger partial charge >= 0.3 is 0 Å². The van der Waals surface area contributed by atoms with E-state index in [9.17, 15) is 13.5 Å². The second kappa shape index (κ2) is 5.64. The van der Waals surface area contributed by atoms with E-state index in [0.717, 1.165) is 11.1 Å². The molecule has 0 saturated heterocycles. The van der Waals surface area contributed by atoms with Crippen LogP contribution in [0.1, 0.15) is 24.1 Å². The molecule has 2 N–H and O–H groups in total. The van der Waals surface area contributed by atoms with E-state index in [2.05, 4.69) is 4.72 Å². The van der Waals surface area contributed by atoms with Gasteiger partial charge < -0.3 is 5.11 Å². The van der Waals surface area contributed by atoms with E-state index >= 15 is 0 Å². The highest BCUT2D eigenvalue weighted by Gasteiger charge is 2.18. The molecule has 4 nitrogen and oxygen atoms in total. The highest BCUT2D eigenvalue weighted by atomic mass is 32.2. The number of phenols is 1. The third-order valence-corrected chi connectivity index (χ3v) is 4.61. The van der Waals surface area contributed by atoms with Crippen LogP contribution in [0.4, 0.5) is 0 Å². The molecule has 0 radical (unpaired) electrons. The van der Waals surface area contributed by atoms with Crippen molar-refractivity contribution in [2.45, 2.75) is 24.8 Å². The van der Waals surface area contributed by atoms with Gasteiger partial charge in [-0.1, -0.05) is 29.8 Å². The maximum Gasteiger partial charge on any atom is 0.241 e. The first-order valence-electron chi connectivity index (χ1n) is 6.26. The minimum Gasteiger partial charge on any atom is -0.508 e. The maximum absolute atomic E-state index is 12.2. The summed E-state index contributed by atoms with van der Waals surface area (Å²) < 4.78 is 27.0. The lowest BCUT2D eigenvalue weighted by Crippen LogP contribution is -2.26. The lowest BCUT2D eigenvalue weighted by Gasteiger charge is -2.15. The van der Waals surface area contributed by atoms with Crippen LogP contribution in [0.15, 0.2) is 53.4 Å². The topological polar surface area (TPSA) is 66.4 Å². The van der Waals surface area contributed by atoms with Gasteiger partial charge in [0, 0.05) is 6.04 Å². The molecule has 0 aliphatic rings. The molecule has 2 rings (SSSR count). The summed E-state index contributed by atoms with van der Waals surface area (Å²) in [6.07, 6.45) is 0. The molecule has 0 saturated carbocycles. The van der Waals surface area contributed by atoms with E-state index in [1.807, 2.05) is 31.2 Å². The molecule has 106 valence electrons. The van der Waals surface area contributed by atoms with E-state index in [4.69, 9.17) is 0 Å². The Morgan fingerprint density at radius 3 is 2.10 bits per heavy atom. The number of phenolic OH excluding ortho intramolecular Hbond substituents is 1. The van der Waals surface area contributed by atoms with E-state index < -0.39 is 10.0 Å². The Labute approximate surface area is 119 Å². The number of benzene rings is 2. The Balaban J connectivity index is 2.19. The minimum absolute atomic E-state index is 0.0375. The molecular weight excluding hydrogens is 274 g/mol. The number of aryl methyl sites for hydroxylation is 1. The second-order valence-electron chi connectivity index (χ2n) is 4.75. The van der Waals surface area contributed by atoms with Crippen LogP contribution < -0.4 is 4.72 Å². The molecule has 5 heteroatoms. The lowest BCUT2D eigenvalue weighted by molar-refractivity contribution is 0.474. The summed E-state index contributed by atoms with van der Waals surface area (Å²) in [5, 5.41) is 9.19.